The molecule has 1 atom stereocenters. The zero-order chi connectivity index (χ0) is 16.3. The molecule has 1 amide bonds. The van der Waals surface area contributed by atoms with Crippen molar-refractivity contribution in [2.75, 3.05) is 30.8 Å². The molecule has 0 bridgehead atoms. The number of carbonyl (C=O) groups excluding carboxylic acids is 1. The van der Waals surface area contributed by atoms with E-state index in [9.17, 15) is 4.79 Å². The molecule has 0 aromatic carbocycles. The van der Waals surface area contributed by atoms with E-state index < -0.39 is 5.60 Å². The molecule has 1 aromatic rings. The first-order valence-corrected chi connectivity index (χ1v) is 7.69. The molecule has 1 aliphatic heterocycles. The molecule has 2 rings (SSSR count). The Morgan fingerprint density at radius 2 is 2.18 bits per heavy atom. The lowest BCUT2D eigenvalue weighted by atomic mass is 10.0. The lowest BCUT2D eigenvalue weighted by Gasteiger charge is -2.38. The van der Waals surface area contributed by atoms with E-state index in [4.69, 9.17) is 10.5 Å². The van der Waals surface area contributed by atoms with E-state index in [0.29, 0.717) is 5.82 Å². The Bertz CT molecular complexity index is 527. The highest BCUT2D eigenvalue weighted by molar-refractivity contribution is 5.68. The minimum absolute atomic E-state index is 0.117. The normalized spacial score (nSPS) is 18.9. The van der Waals surface area contributed by atoms with Crippen molar-refractivity contribution in [3.05, 3.63) is 18.2 Å². The van der Waals surface area contributed by atoms with Crippen LogP contribution in [0.2, 0.25) is 0 Å². The second-order valence-corrected chi connectivity index (χ2v) is 6.75. The van der Waals surface area contributed by atoms with Gasteiger partial charge in [-0.1, -0.05) is 6.07 Å². The van der Waals surface area contributed by atoms with Gasteiger partial charge in [-0.05, 0) is 45.7 Å². The number of nitrogen functional groups attached to an aromatic ring is 1. The molecule has 122 valence electrons. The summed E-state index contributed by atoms with van der Waals surface area (Å²) in [7, 11) is 1.80. The van der Waals surface area contributed by atoms with Crippen LogP contribution in [0.25, 0.3) is 0 Å². The molecule has 0 unspecified atom stereocenters. The van der Waals surface area contributed by atoms with E-state index in [1.807, 2.05) is 32.9 Å². The molecule has 2 N–H and O–H groups in total. The number of rotatable bonds is 2. The summed E-state index contributed by atoms with van der Waals surface area (Å²) >= 11 is 0. The first-order chi connectivity index (χ1) is 10.3. The third-order valence-electron chi connectivity index (χ3n) is 3.71. The predicted molar refractivity (Wildman–Crippen MR) is 87.9 cm³/mol. The molecular weight excluding hydrogens is 280 g/mol. The van der Waals surface area contributed by atoms with Gasteiger partial charge in [-0.3, -0.25) is 0 Å². The van der Waals surface area contributed by atoms with Gasteiger partial charge in [0.05, 0.1) is 6.04 Å². The fourth-order valence-electron chi connectivity index (χ4n) is 2.58. The number of carbonyl (C=O) groups is 1. The van der Waals surface area contributed by atoms with Gasteiger partial charge >= 0.3 is 6.09 Å². The number of hydrogen-bond acceptors (Lipinski definition) is 5. The van der Waals surface area contributed by atoms with Gasteiger partial charge in [0, 0.05) is 20.1 Å². The van der Waals surface area contributed by atoms with Gasteiger partial charge in [0.2, 0.25) is 0 Å². The fourth-order valence-corrected chi connectivity index (χ4v) is 2.58. The first kappa shape index (κ1) is 16.4. The van der Waals surface area contributed by atoms with Crippen LogP contribution in [0.5, 0.6) is 0 Å². The maximum Gasteiger partial charge on any atom is 0.410 e. The number of likely N-dealkylation sites (N-methyl/N-ethyl adjacent to an activating group) is 1. The quantitative estimate of drug-likeness (QED) is 0.909. The van der Waals surface area contributed by atoms with Crippen LogP contribution in [-0.4, -0.2) is 47.8 Å². The van der Waals surface area contributed by atoms with Gasteiger partial charge in [0.15, 0.2) is 0 Å². The summed E-state index contributed by atoms with van der Waals surface area (Å²) < 4.78 is 5.45. The van der Waals surface area contributed by atoms with Gasteiger partial charge in [-0.2, -0.15) is 0 Å². The molecule has 0 radical (unpaired) electrons. The molecular formula is C16H26N4O2. The minimum atomic E-state index is -0.477. The minimum Gasteiger partial charge on any atom is -0.444 e. The Morgan fingerprint density at radius 3 is 2.82 bits per heavy atom. The smallest absolute Gasteiger partial charge is 0.410 e. The van der Waals surface area contributed by atoms with Crippen molar-refractivity contribution >= 4 is 17.7 Å². The molecule has 2 heterocycles. The SMILES string of the molecule is CN(C(=O)OC(C)(C)C)[C@@H]1CCCN(c2cccc(N)n2)C1. The summed E-state index contributed by atoms with van der Waals surface area (Å²) in [5, 5.41) is 0. The molecule has 0 aliphatic carbocycles. The van der Waals surface area contributed by atoms with E-state index in [-0.39, 0.29) is 12.1 Å². The lowest BCUT2D eigenvalue weighted by Crippen LogP contribution is -2.50. The van der Waals surface area contributed by atoms with Crippen molar-refractivity contribution in [3.63, 3.8) is 0 Å². The molecule has 1 saturated heterocycles. The zero-order valence-electron chi connectivity index (χ0n) is 13.9. The summed E-state index contributed by atoms with van der Waals surface area (Å²) in [5.41, 5.74) is 5.28. The highest BCUT2D eigenvalue weighted by atomic mass is 16.6. The zero-order valence-corrected chi connectivity index (χ0v) is 13.9. The third-order valence-corrected chi connectivity index (χ3v) is 3.71. The van der Waals surface area contributed by atoms with Crippen LogP contribution in [-0.2, 0) is 4.74 Å². The van der Waals surface area contributed by atoms with Gasteiger partial charge in [0.25, 0.3) is 0 Å². The van der Waals surface area contributed by atoms with Crippen LogP contribution in [0, 0.1) is 0 Å². The van der Waals surface area contributed by atoms with Crippen LogP contribution >= 0.6 is 0 Å². The maximum atomic E-state index is 12.2. The average molecular weight is 306 g/mol. The van der Waals surface area contributed by atoms with Gasteiger partial charge in [-0.15, -0.1) is 0 Å². The standard InChI is InChI=1S/C16H26N4O2/c1-16(2,3)22-15(21)19(4)12-7-6-10-20(11-12)14-9-5-8-13(17)18-14/h5,8-9,12H,6-7,10-11H2,1-4H3,(H2,17,18)/t12-/m1/s1. The third kappa shape index (κ3) is 4.26. The Balaban J connectivity index is 2.02. The molecule has 1 fully saturated rings. The van der Waals surface area contributed by atoms with Crippen molar-refractivity contribution in [1.82, 2.24) is 9.88 Å². The van der Waals surface area contributed by atoms with Crippen LogP contribution in [0.3, 0.4) is 0 Å². The summed E-state index contributed by atoms with van der Waals surface area (Å²) in [5.74, 6) is 1.38. The molecule has 0 saturated carbocycles. The topological polar surface area (TPSA) is 71.7 Å². The van der Waals surface area contributed by atoms with E-state index >= 15 is 0 Å². The summed E-state index contributed by atoms with van der Waals surface area (Å²) in [6.45, 7) is 7.30. The highest BCUT2D eigenvalue weighted by Gasteiger charge is 2.29. The average Bonchev–Trinajstić information content (AvgIpc) is 2.45. The Kier molecular flexibility index (Phi) is 4.78. The lowest BCUT2D eigenvalue weighted by molar-refractivity contribution is 0.0209. The molecule has 1 aliphatic rings. The maximum absolute atomic E-state index is 12.2. The number of piperidine rings is 1. The van der Waals surface area contributed by atoms with E-state index in [0.717, 1.165) is 31.7 Å². The van der Waals surface area contributed by atoms with Crippen molar-refractivity contribution in [2.24, 2.45) is 0 Å². The number of aromatic nitrogens is 1. The van der Waals surface area contributed by atoms with Crippen molar-refractivity contribution in [3.8, 4) is 0 Å². The van der Waals surface area contributed by atoms with E-state index in [1.54, 1.807) is 18.0 Å². The Hall–Kier alpha value is -1.98. The Labute approximate surface area is 132 Å². The summed E-state index contributed by atoms with van der Waals surface area (Å²) in [4.78, 5) is 20.4. The monoisotopic (exact) mass is 306 g/mol. The van der Waals surface area contributed by atoms with Crippen LogP contribution in [0.4, 0.5) is 16.4 Å². The van der Waals surface area contributed by atoms with Crippen LogP contribution in [0.15, 0.2) is 18.2 Å². The van der Waals surface area contributed by atoms with E-state index in [2.05, 4.69) is 9.88 Å². The molecule has 0 spiro atoms. The Morgan fingerprint density at radius 1 is 1.45 bits per heavy atom. The number of pyridine rings is 1. The first-order valence-electron chi connectivity index (χ1n) is 7.69. The second-order valence-electron chi connectivity index (χ2n) is 6.75. The van der Waals surface area contributed by atoms with Gasteiger partial charge < -0.3 is 20.3 Å². The molecule has 22 heavy (non-hydrogen) atoms. The number of nitrogens with two attached hydrogens (primary N) is 1. The number of anilines is 2. The summed E-state index contributed by atoms with van der Waals surface area (Å²) in [6, 6.07) is 5.75. The second kappa shape index (κ2) is 6.42. The number of nitrogens with zero attached hydrogens (tertiary/aromatic N) is 3. The van der Waals surface area contributed by atoms with Gasteiger partial charge in [0.1, 0.15) is 17.2 Å². The summed E-state index contributed by atoms with van der Waals surface area (Å²) in [6.07, 6.45) is 1.70. The van der Waals surface area contributed by atoms with Gasteiger partial charge in [-0.25, -0.2) is 9.78 Å². The van der Waals surface area contributed by atoms with Crippen molar-refractivity contribution in [2.45, 2.75) is 45.3 Å². The predicted octanol–water partition coefficient (Wildman–Crippen LogP) is 2.50. The number of amides is 1. The highest BCUT2D eigenvalue weighted by Crippen LogP contribution is 2.22. The van der Waals surface area contributed by atoms with Crippen molar-refractivity contribution < 1.29 is 9.53 Å². The molecule has 1 aromatic heterocycles. The largest absolute Gasteiger partial charge is 0.444 e. The van der Waals surface area contributed by atoms with Crippen molar-refractivity contribution in [1.29, 1.82) is 0 Å². The fraction of sp³-hybridized carbons (Fsp3) is 0.625. The number of ether oxygens (including phenoxy) is 1. The van der Waals surface area contributed by atoms with E-state index in [1.165, 1.54) is 0 Å². The van der Waals surface area contributed by atoms with Crippen LogP contribution < -0.4 is 10.6 Å². The van der Waals surface area contributed by atoms with Crippen LogP contribution in [0.1, 0.15) is 33.6 Å². The molecule has 6 nitrogen and oxygen atoms in total. The number of hydrogen-bond donors (Lipinski definition) is 1. The molecule has 6 heteroatoms.